The van der Waals surface area contributed by atoms with E-state index < -0.39 is 52.6 Å². The van der Waals surface area contributed by atoms with Gasteiger partial charge in [0.15, 0.2) is 0 Å². The Balaban J connectivity index is 1.39. The Morgan fingerprint density at radius 1 is 1.07 bits per heavy atom. The number of halogens is 6. The zero-order chi connectivity index (χ0) is 31.7. The van der Waals surface area contributed by atoms with Crippen molar-refractivity contribution < 1.29 is 35.2 Å². The third-order valence-electron chi connectivity index (χ3n) is 6.70. The highest BCUT2D eigenvalue weighted by Gasteiger charge is 2.53. The van der Waals surface area contributed by atoms with Crippen LogP contribution in [0.5, 0.6) is 0 Å². The zero-order valence-electron chi connectivity index (χ0n) is 22.5. The minimum absolute atomic E-state index is 0.144. The van der Waals surface area contributed by atoms with Gasteiger partial charge in [0.1, 0.15) is 16.1 Å². The molecule has 44 heavy (non-hydrogen) atoms. The van der Waals surface area contributed by atoms with Crippen LogP contribution in [0.4, 0.5) is 27.8 Å². The van der Waals surface area contributed by atoms with Gasteiger partial charge in [-0.05, 0) is 53.6 Å². The molecule has 0 saturated carbocycles. The fourth-order valence-corrected chi connectivity index (χ4v) is 7.80. The first-order chi connectivity index (χ1) is 20.7. The van der Waals surface area contributed by atoms with E-state index in [1.165, 1.54) is 30.3 Å². The largest absolute Gasteiger partial charge is 0.416 e. The summed E-state index contributed by atoms with van der Waals surface area (Å²) in [6, 6.07) is 11.9. The number of carbonyl (C=O) groups excluding carboxylic acids is 1. The normalized spacial score (nSPS) is 17.0. The van der Waals surface area contributed by atoms with E-state index in [4.69, 9.17) is 11.6 Å². The first-order valence-corrected chi connectivity index (χ1v) is 15.6. The lowest BCUT2D eigenvalue weighted by molar-refractivity contribution is -0.137. The van der Waals surface area contributed by atoms with E-state index in [0.717, 1.165) is 17.7 Å². The van der Waals surface area contributed by atoms with Crippen molar-refractivity contribution in [2.45, 2.75) is 41.9 Å². The van der Waals surface area contributed by atoms with E-state index in [0.29, 0.717) is 39.1 Å². The van der Waals surface area contributed by atoms with Gasteiger partial charge in [0, 0.05) is 37.5 Å². The third kappa shape index (κ3) is 7.34. The molecule has 0 unspecified atom stereocenters. The number of hydrogen-bond acceptors (Lipinski definition) is 7. The molecule has 0 bridgehead atoms. The molecular weight excluding hydrogens is 649 g/mol. The lowest BCUT2D eigenvalue weighted by atomic mass is 10.1. The first-order valence-electron chi connectivity index (χ1n) is 13.0. The molecule has 0 radical (unpaired) electrons. The second-order valence-corrected chi connectivity index (χ2v) is 13.8. The van der Waals surface area contributed by atoms with Crippen LogP contribution >= 0.6 is 22.9 Å². The minimum Gasteiger partial charge on any atom is -0.366 e. The quantitative estimate of drug-likeness (QED) is 0.205. The molecule has 4 aromatic rings. The molecule has 2 N–H and O–H groups in total. The van der Waals surface area contributed by atoms with Gasteiger partial charge in [-0.3, -0.25) is 9.78 Å². The van der Waals surface area contributed by atoms with Crippen molar-refractivity contribution in [1.82, 2.24) is 19.6 Å². The van der Waals surface area contributed by atoms with Crippen molar-refractivity contribution in [1.29, 1.82) is 0 Å². The fraction of sp³-hybridized carbons (Fsp3) is 0.250. The number of nitrogens with zero attached hydrogens (tertiary/aromatic N) is 3. The van der Waals surface area contributed by atoms with Crippen molar-refractivity contribution in [3.8, 4) is 11.3 Å². The summed E-state index contributed by atoms with van der Waals surface area (Å²) in [6.07, 6.45) is -2.30. The molecule has 4 heterocycles. The van der Waals surface area contributed by atoms with Gasteiger partial charge in [-0.25, -0.2) is 22.2 Å². The summed E-state index contributed by atoms with van der Waals surface area (Å²) in [5, 5.41) is 5.64. The average Bonchev–Trinajstić information content (AvgIpc) is 3.58. The number of alkyl halides is 5. The van der Waals surface area contributed by atoms with E-state index in [1.807, 2.05) is 6.07 Å². The van der Waals surface area contributed by atoms with Crippen LogP contribution in [0.1, 0.15) is 23.1 Å². The standard InChI is InChI=1S/C28H23ClF5N5O3S2/c29-23-7-8-25(43-23)44(41,42)39-16-27(30,31)12-22(39)26(40)37-15-18-10-21(19-3-5-20(6-4-19)28(32,33)34)38-24(11-18)36-14-17-2-1-9-35-13-17/h1-11,13,22H,12,14-16H2,(H,36,38)(H,37,40)/t22-/m0/s1. The van der Waals surface area contributed by atoms with Crippen LogP contribution in [0.3, 0.4) is 0 Å². The van der Waals surface area contributed by atoms with E-state index in [9.17, 15) is 35.2 Å². The van der Waals surface area contributed by atoms with Gasteiger partial charge in [0.25, 0.3) is 15.9 Å². The molecule has 1 amide bonds. The fourth-order valence-electron chi connectivity index (χ4n) is 4.58. The van der Waals surface area contributed by atoms with Crippen LogP contribution in [0.2, 0.25) is 4.34 Å². The molecule has 1 saturated heterocycles. The highest BCUT2D eigenvalue weighted by molar-refractivity contribution is 7.91. The summed E-state index contributed by atoms with van der Waals surface area (Å²) in [5.41, 5.74) is 1.06. The predicted octanol–water partition coefficient (Wildman–Crippen LogP) is 6.20. The summed E-state index contributed by atoms with van der Waals surface area (Å²) in [7, 11) is -4.44. The molecule has 1 aromatic carbocycles. The van der Waals surface area contributed by atoms with E-state index >= 15 is 0 Å². The van der Waals surface area contributed by atoms with Crippen LogP contribution in [0.25, 0.3) is 11.3 Å². The number of pyridine rings is 2. The van der Waals surface area contributed by atoms with Crippen molar-refractivity contribution >= 4 is 44.7 Å². The molecule has 232 valence electrons. The van der Waals surface area contributed by atoms with Crippen molar-refractivity contribution in [3.63, 3.8) is 0 Å². The number of nitrogens with one attached hydrogen (secondary N) is 2. The number of benzene rings is 1. The molecule has 1 aliphatic rings. The lowest BCUT2D eigenvalue weighted by Crippen LogP contribution is -2.45. The number of amides is 1. The Morgan fingerprint density at radius 3 is 2.45 bits per heavy atom. The van der Waals surface area contributed by atoms with Crippen LogP contribution in [-0.2, 0) is 34.1 Å². The topological polar surface area (TPSA) is 104 Å². The third-order valence-corrected chi connectivity index (χ3v) is 10.3. The van der Waals surface area contributed by atoms with Crippen molar-refractivity contribution in [2.24, 2.45) is 0 Å². The maximum Gasteiger partial charge on any atom is 0.416 e. The molecule has 5 rings (SSSR count). The maximum atomic E-state index is 14.4. The molecular formula is C28H23ClF5N5O3S2. The number of hydrogen-bond donors (Lipinski definition) is 2. The van der Waals surface area contributed by atoms with Crippen LogP contribution in [0, 0.1) is 0 Å². The van der Waals surface area contributed by atoms with Crippen LogP contribution in [0.15, 0.2) is 77.3 Å². The summed E-state index contributed by atoms with van der Waals surface area (Å²) >= 11 is 6.54. The van der Waals surface area contributed by atoms with Crippen molar-refractivity contribution in [3.05, 3.63) is 94.1 Å². The smallest absolute Gasteiger partial charge is 0.366 e. The van der Waals surface area contributed by atoms with Gasteiger partial charge in [-0.15, -0.1) is 11.3 Å². The summed E-state index contributed by atoms with van der Waals surface area (Å²) < 4.78 is 94.8. The van der Waals surface area contributed by atoms with E-state index in [-0.39, 0.29) is 20.8 Å². The van der Waals surface area contributed by atoms with Gasteiger partial charge >= 0.3 is 6.18 Å². The van der Waals surface area contributed by atoms with E-state index in [2.05, 4.69) is 20.6 Å². The highest BCUT2D eigenvalue weighted by Crippen LogP contribution is 2.38. The molecule has 3 aromatic heterocycles. The van der Waals surface area contributed by atoms with Gasteiger partial charge in [0.2, 0.25) is 5.91 Å². The Hall–Kier alpha value is -3.66. The second kappa shape index (κ2) is 12.4. The van der Waals surface area contributed by atoms with Crippen LogP contribution in [-0.4, -0.2) is 47.1 Å². The maximum absolute atomic E-state index is 14.4. The Kier molecular flexibility index (Phi) is 8.94. The molecule has 1 atom stereocenters. The molecule has 0 spiro atoms. The van der Waals surface area contributed by atoms with Crippen LogP contribution < -0.4 is 10.6 Å². The van der Waals surface area contributed by atoms with Gasteiger partial charge in [-0.2, -0.15) is 17.5 Å². The van der Waals surface area contributed by atoms with Gasteiger partial charge < -0.3 is 10.6 Å². The number of aromatic nitrogens is 2. The molecule has 0 aliphatic carbocycles. The Labute approximate surface area is 258 Å². The molecule has 1 aliphatic heterocycles. The molecule has 16 heteroatoms. The minimum atomic E-state index is -4.53. The average molecular weight is 672 g/mol. The SMILES string of the molecule is O=C(NCc1cc(NCc2cccnc2)nc(-c2ccc(C(F)(F)F)cc2)c1)[C@@H]1CC(F)(F)CN1S(=O)(=O)c1ccc(Cl)s1. The number of thiophene rings is 1. The zero-order valence-corrected chi connectivity index (χ0v) is 24.9. The number of sulfonamides is 1. The predicted molar refractivity (Wildman–Crippen MR) is 155 cm³/mol. The monoisotopic (exact) mass is 671 g/mol. The van der Waals surface area contributed by atoms with Gasteiger partial charge in [-0.1, -0.05) is 29.8 Å². The van der Waals surface area contributed by atoms with Crippen molar-refractivity contribution in [2.75, 3.05) is 11.9 Å². The second-order valence-electron chi connectivity index (χ2n) is 9.94. The number of carbonyl (C=O) groups is 1. The van der Waals surface area contributed by atoms with E-state index in [1.54, 1.807) is 24.5 Å². The lowest BCUT2D eigenvalue weighted by Gasteiger charge is -2.22. The molecule has 8 nitrogen and oxygen atoms in total. The number of anilines is 1. The number of rotatable bonds is 9. The molecule has 1 fully saturated rings. The summed E-state index contributed by atoms with van der Waals surface area (Å²) in [4.78, 5) is 21.7. The summed E-state index contributed by atoms with van der Waals surface area (Å²) in [6.45, 7) is -1.07. The Morgan fingerprint density at radius 2 is 1.82 bits per heavy atom. The van der Waals surface area contributed by atoms with Gasteiger partial charge in [0.05, 0.1) is 22.1 Å². The first kappa shape index (κ1) is 31.8. The Bertz CT molecular complexity index is 1750. The highest BCUT2D eigenvalue weighted by atomic mass is 35.5. The summed E-state index contributed by atoms with van der Waals surface area (Å²) in [5.74, 6) is -4.06.